The molecule has 1 N–H and O–H groups in total. The zero-order chi connectivity index (χ0) is 14.8. The Morgan fingerprint density at radius 2 is 2.05 bits per heavy atom. The lowest BCUT2D eigenvalue weighted by molar-refractivity contribution is -0.138. The molecule has 4 heteroatoms. The number of hydrogen-bond donors (Lipinski definition) is 1. The van der Waals surface area contributed by atoms with E-state index in [1.807, 2.05) is 17.9 Å². The van der Waals surface area contributed by atoms with E-state index < -0.39 is 0 Å². The van der Waals surface area contributed by atoms with Gasteiger partial charge in [-0.25, -0.2) is 0 Å². The van der Waals surface area contributed by atoms with Gasteiger partial charge in [0.05, 0.1) is 12.1 Å². The highest BCUT2D eigenvalue weighted by atomic mass is 16.3. The van der Waals surface area contributed by atoms with E-state index in [2.05, 4.69) is 23.1 Å². The van der Waals surface area contributed by atoms with Gasteiger partial charge < -0.3 is 10.0 Å². The van der Waals surface area contributed by atoms with Crippen LogP contribution in [0.2, 0.25) is 0 Å². The Hall–Kier alpha value is -1.39. The first-order valence-electron chi connectivity index (χ1n) is 7.93. The van der Waals surface area contributed by atoms with E-state index in [0.29, 0.717) is 6.54 Å². The maximum absolute atomic E-state index is 12.7. The van der Waals surface area contributed by atoms with E-state index in [-0.39, 0.29) is 18.1 Å². The second-order valence-corrected chi connectivity index (χ2v) is 6.25. The molecular formula is C17H24N2O2. The lowest BCUT2D eigenvalue weighted by Gasteiger charge is -2.38. The molecule has 0 aromatic heterocycles. The quantitative estimate of drug-likeness (QED) is 0.895. The minimum absolute atomic E-state index is 0.134. The van der Waals surface area contributed by atoms with Gasteiger partial charge in [0, 0.05) is 19.6 Å². The van der Waals surface area contributed by atoms with Crippen LogP contribution in [0, 0.1) is 0 Å². The Kier molecular flexibility index (Phi) is 4.27. The second-order valence-electron chi connectivity index (χ2n) is 6.25. The van der Waals surface area contributed by atoms with Gasteiger partial charge in [0.1, 0.15) is 0 Å². The molecule has 1 saturated heterocycles. The van der Waals surface area contributed by atoms with Crippen LogP contribution >= 0.6 is 0 Å². The Bertz CT molecular complexity index is 517. The van der Waals surface area contributed by atoms with Crippen LogP contribution in [0.5, 0.6) is 0 Å². The lowest BCUT2D eigenvalue weighted by atomic mass is 9.99. The molecule has 21 heavy (non-hydrogen) atoms. The van der Waals surface area contributed by atoms with Crippen LogP contribution in [0.3, 0.4) is 0 Å². The van der Waals surface area contributed by atoms with Gasteiger partial charge in [-0.1, -0.05) is 24.3 Å². The van der Waals surface area contributed by atoms with E-state index in [1.165, 1.54) is 11.1 Å². The van der Waals surface area contributed by atoms with E-state index in [0.717, 1.165) is 38.9 Å². The third kappa shape index (κ3) is 3.11. The fourth-order valence-corrected chi connectivity index (χ4v) is 3.44. The largest absolute Gasteiger partial charge is 0.392 e. The Labute approximate surface area is 126 Å². The van der Waals surface area contributed by atoms with Gasteiger partial charge in [-0.3, -0.25) is 9.69 Å². The zero-order valence-electron chi connectivity index (χ0n) is 12.7. The molecule has 2 heterocycles. The van der Waals surface area contributed by atoms with Crippen molar-refractivity contribution in [3.63, 3.8) is 0 Å². The summed E-state index contributed by atoms with van der Waals surface area (Å²) in [6.45, 7) is 5.03. The number of nitrogens with zero attached hydrogens (tertiary/aromatic N) is 2. The number of hydrogen-bond acceptors (Lipinski definition) is 3. The average Bonchev–Trinajstić information content (AvgIpc) is 2.53. The molecular weight excluding hydrogens is 264 g/mol. The molecule has 1 aromatic rings. The first-order chi connectivity index (χ1) is 10.1. The summed E-state index contributed by atoms with van der Waals surface area (Å²) < 4.78 is 0. The minimum Gasteiger partial charge on any atom is -0.392 e. The van der Waals surface area contributed by atoms with Crippen molar-refractivity contribution in [2.45, 2.75) is 44.9 Å². The predicted octanol–water partition coefficient (Wildman–Crippen LogP) is 1.42. The number of benzene rings is 1. The number of carbonyl (C=O) groups is 1. The second kappa shape index (κ2) is 6.16. The molecule has 0 bridgehead atoms. The fourth-order valence-electron chi connectivity index (χ4n) is 3.44. The summed E-state index contributed by atoms with van der Waals surface area (Å²) in [5, 5.41) is 9.78. The number of piperidine rings is 1. The maximum Gasteiger partial charge on any atom is 0.239 e. The van der Waals surface area contributed by atoms with Crippen molar-refractivity contribution >= 4 is 5.91 Å². The zero-order valence-corrected chi connectivity index (χ0v) is 12.7. The van der Waals surface area contributed by atoms with Crippen LogP contribution in [0.25, 0.3) is 0 Å². The number of rotatable bonds is 2. The first-order valence-corrected chi connectivity index (χ1v) is 7.93. The Morgan fingerprint density at radius 1 is 1.29 bits per heavy atom. The van der Waals surface area contributed by atoms with Crippen molar-refractivity contribution in [2.75, 3.05) is 19.6 Å². The van der Waals surface area contributed by atoms with Crippen LogP contribution in [-0.4, -0.2) is 52.6 Å². The van der Waals surface area contributed by atoms with Gasteiger partial charge in [-0.15, -0.1) is 0 Å². The molecule has 114 valence electrons. The van der Waals surface area contributed by atoms with Crippen molar-refractivity contribution < 1.29 is 9.90 Å². The van der Waals surface area contributed by atoms with Crippen LogP contribution < -0.4 is 0 Å². The summed E-state index contributed by atoms with van der Waals surface area (Å²) in [6.07, 6.45) is 2.49. The number of likely N-dealkylation sites (tertiary alicyclic amines) is 1. The summed E-state index contributed by atoms with van der Waals surface area (Å²) in [7, 11) is 0. The monoisotopic (exact) mass is 288 g/mol. The van der Waals surface area contributed by atoms with E-state index >= 15 is 0 Å². The molecule has 1 aromatic carbocycles. The van der Waals surface area contributed by atoms with Crippen molar-refractivity contribution in [1.82, 2.24) is 9.80 Å². The standard InChI is InChI=1S/C17H24N2O2/c1-13(18-9-4-7-16(20)12-18)17(21)19-10-8-14-5-2-3-6-15(14)11-19/h2-3,5-6,13,16,20H,4,7-12H2,1H3/t13-,16+/m0/s1. The van der Waals surface area contributed by atoms with Gasteiger partial charge in [-0.05, 0) is 43.9 Å². The summed E-state index contributed by atoms with van der Waals surface area (Å²) >= 11 is 0. The van der Waals surface area contributed by atoms with Crippen molar-refractivity contribution in [3.8, 4) is 0 Å². The smallest absolute Gasteiger partial charge is 0.239 e. The maximum atomic E-state index is 12.7. The average molecular weight is 288 g/mol. The normalized spacial score (nSPS) is 24.5. The van der Waals surface area contributed by atoms with Gasteiger partial charge >= 0.3 is 0 Å². The molecule has 0 aliphatic carbocycles. The predicted molar refractivity (Wildman–Crippen MR) is 81.8 cm³/mol. The first kappa shape index (κ1) is 14.5. The molecule has 1 amide bonds. The summed E-state index contributed by atoms with van der Waals surface area (Å²) in [6, 6.07) is 8.24. The number of β-amino-alcohol motifs (C(OH)–C–C–N with tert-alkyl or cyclic N) is 1. The van der Waals surface area contributed by atoms with Crippen molar-refractivity contribution in [3.05, 3.63) is 35.4 Å². The molecule has 0 radical (unpaired) electrons. The van der Waals surface area contributed by atoms with E-state index in [9.17, 15) is 9.90 Å². The van der Waals surface area contributed by atoms with E-state index in [4.69, 9.17) is 0 Å². The Morgan fingerprint density at radius 3 is 2.81 bits per heavy atom. The van der Waals surface area contributed by atoms with E-state index in [1.54, 1.807) is 0 Å². The topological polar surface area (TPSA) is 43.8 Å². The molecule has 2 aliphatic heterocycles. The third-order valence-electron chi connectivity index (χ3n) is 4.78. The van der Waals surface area contributed by atoms with Crippen LogP contribution in [0.1, 0.15) is 30.9 Å². The van der Waals surface area contributed by atoms with Gasteiger partial charge in [0.15, 0.2) is 0 Å². The summed E-state index contributed by atoms with van der Waals surface area (Å²) in [5.74, 6) is 0.193. The van der Waals surface area contributed by atoms with Gasteiger partial charge in [0.25, 0.3) is 0 Å². The molecule has 0 saturated carbocycles. The molecule has 1 fully saturated rings. The molecule has 2 aliphatic rings. The highest BCUT2D eigenvalue weighted by molar-refractivity contribution is 5.81. The SMILES string of the molecule is C[C@@H](C(=O)N1CCc2ccccc2C1)N1CCC[C@@H](O)C1. The van der Waals surface area contributed by atoms with Gasteiger partial charge in [-0.2, -0.15) is 0 Å². The number of carbonyl (C=O) groups excluding carboxylic acids is 1. The lowest BCUT2D eigenvalue weighted by Crippen LogP contribution is -2.52. The summed E-state index contributed by atoms with van der Waals surface area (Å²) in [4.78, 5) is 16.8. The highest BCUT2D eigenvalue weighted by Gasteiger charge is 2.30. The fraction of sp³-hybridized carbons (Fsp3) is 0.588. The molecule has 3 rings (SSSR count). The number of aliphatic hydroxyl groups is 1. The molecule has 0 unspecified atom stereocenters. The number of amides is 1. The number of aliphatic hydroxyl groups excluding tert-OH is 1. The number of fused-ring (bicyclic) bond motifs is 1. The summed E-state index contributed by atoms with van der Waals surface area (Å²) in [5.41, 5.74) is 2.63. The Balaban J connectivity index is 1.66. The van der Waals surface area contributed by atoms with Crippen molar-refractivity contribution in [2.24, 2.45) is 0 Å². The van der Waals surface area contributed by atoms with Crippen LogP contribution in [0.4, 0.5) is 0 Å². The van der Waals surface area contributed by atoms with Crippen LogP contribution in [-0.2, 0) is 17.8 Å². The molecule has 0 spiro atoms. The molecule has 4 nitrogen and oxygen atoms in total. The minimum atomic E-state index is -0.281. The highest BCUT2D eigenvalue weighted by Crippen LogP contribution is 2.21. The van der Waals surface area contributed by atoms with Gasteiger partial charge in [0.2, 0.25) is 5.91 Å². The third-order valence-corrected chi connectivity index (χ3v) is 4.78. The van der Waals surface area contributed by atoms with Crippen LogP contribution in [0.15, 0.2) is 24.3 Å². The van der Waals surface area contributed by atoms with Crippen molar-refractivity contribution in [1.29, 1.82) is 0 Å². The molecule has 2 atom stereocenters.